The van der Waals surface area contributed by atoms with Crippen molar-refractivity contribution in [1.29, 1.82) is 0 Å². The van der Waals surface area contributed by atoms with E-state index in [9.17, 15) is 4.39 Å². The van der Waals surface area contributed by atoms with Crippen LogP contribution in [0.4, 0.5) is 16.2 Å². The first kappa shape index (κ1) is 18.8. The quantitative estimate of drug-likeness (QED) is 0.605. The van der Waals surface area contributed by atoms with Crippen molar-refractivity contribution < 1.29 is 4.39 Å². The molecule has 26 heavy (non-hydrogen) atoms. The third-order valence-electron chi connectivity index (χ3n) is 4.25. The van der Waals surface area contributed by atoms with Crippen LogP contribution in [0.15, 0.2) is 30.3 Å². The molecule has 8 heteroatoms. The monoisotopic (exact) mass is 393 g/mol. The normalized spacial score (nSPS) is 17.0. The van der Waals surface area contributed by atoms with Gasteiger partial charge in [0, 0.05) is 25.7 Å². The molecule has 1 aliphatic rings. The zero-order chi connectivity index (χ0) is 18.5. The van der Waals surface area contributed by atoms with Crippen LogP contribution >= 0.6 is 23.8 Å². The number of hydrogen-bond acceptors (Lipinski definition) is 4. The molecule has 5 nitrogen and oxygen atoms in total. The highest BCUT2D eigenvalue weighted by molar-refractivity contribution is 7.80. The van der Waals surface area contributed by atoms with Crippen molar-refractivity contribution in [3.8, 4) is 0 Å². The standard InChI is InChI=1S/C18H21ClFN5S/c1-12-3-2-8-25(11-12)16-9-15(19)22-17(23-16)24-18(26)21-10-13-4-6-14(20)7-5-13/h4-7,9,12H,2-3,8,10-11H2,1H3,(H2,21,22,23,24,26)/t12-/m0/s1. The number of rotatable bonds is 4. The second-order valence-electron chi connectivity index (χ2n) is 6.50. The van der Waals surface area contributed by atoms with Crippen molar-refractivity contribution in [2.75, 3.05) is 23.3 Å². The molecule has 2 heterocycles. The lowest BCUT2D eigenvalue weighted by atomic mass is 10.0. The van der Waals surface area contributed by atoms with Gasteiger partial charge in [0.15, 0.2) is 5.11 Å². The zero-order valence-electron chi connectivity index (χ0n) is 14.5. The molecule has 0 saturated carbocycles. The van der Waals surface area contributed by atoms with Crippen molar-refractivity contribution >= 4 is 40.7 Å². The summed E-state index contributed by atoms with van der Waals surface area (Å²) in [5.41, 5.74) is 0.922. The SMILES string of the molecule is C[C@H]1CCCN(c2cc(Cl)nc(NC(=S)NCc3ccc(F)cc3)n2)C1. The molecular formula is C18H21ClFN5S. The van der Waals surface area contributed by atoms with Crippen LogP contribution in [-0.4, -0.2) is 28.2 Å². The molecule has 1 aromatic heterocycles. The fraction of sp³-hybridized carbons (Fsp3) is 0.389. The topological polar surface area (TPSA) is 53.1 Å². The second-order valence-corrected chi connectivity index (χ2v) is 7.30. The molecule has 2 aromatic rings. The smallest absolute Gasteiger partial charge is 0.232 e. The van der Waals surface area contributed by atoms with Gasteiger partial charge in [-0.15, -0.1) is 0 Å². The molecule has 1 fully saturated rings. The summed E-state index contributed by atoms with van der Waals surface area (Å²) in [4.78, 5) is 11.0. The van der Waals surface area contributed by atoms with Crippen LogP contribution in [0.5, 0.6) is 0 Å². The fourth-order valence-corrected chi connectivity index (χ4v) is 3.29. The number of nitrogens with one attached hydrogen (secondary N) is 2. The van der Waals surface area contributed by atoms with E-state index in [4.69, 9.17) is 23.8 Å². The van der Waals surface area contributed by atoms with Gasteiger partial charge in [0.2, 0.25) is 5.95 Å². The first-order valence-corrected chi connectivity index (χ1v) is 9.37. The average Bonchev–Trinajstić information content (AvgIpc) is 2.61. The molecule has 1 aliphatic heterocycles. The molecule has 1 saturated heterocycles. The largest absolute Gasteiger partial charge is 0.358 e. The van der Waals surface area contributed by atoms with Gasteiger partial charge >= 0.3 is 0 Å². The van der Waals surface area contributed by atoms with Crippen LogP contribution in [0.2, 0.25) is 5.15 Å². The molecule has 0 amide bonds. The first-order valence-electron chi connectivity index (χ1n) is 8.58. The summed E-state index contributed by atoms with van der Waals surface area (Å²) in [6, 6.07) is 8.02. The Hall–Kier alpha value is -1.99. The van der Waals surface area contributed by atoms with E-state index in [1.54, 1.807) is 18.2 Å². The van der Waals surface area contributed by atoms with Gasteiger partial charge in [0.1, 0.15) is 16.8 Å². The van der Waals surface area contributed by atoms with Gasteiger partial charge in [-0.3, -0.25) is 0 Å². The maximum Gasteiger partial charge on any atom is 0.232 e. The van der Waals surface area contributed by atoms with E-state index in [2.05, 4.69) is 32.4 Å². The van der Waals surface area contributed by atoms with Crippen LogP contribution in [0.1, 0.15) is 25.3 Å². The Morgan fingerprint density at radius 3 is 2.85 bits per heavy atom. The average molecular weight is 394 g/mol. The van der Waals surface area contributed by atoms with E-state index in [-0.39, 0.29) is 5.82 Å². The van der Waals surface area contributed by atoms with Gasteiger partial charge in [-0.1, -0.05) is 30.7 Å². The lowest BCUT2D eigenvalue weighted by Crippen LogP contribution is -2.35. The number of piperidine rings is 1. The van der Waals surface area contributed by atoms with Gasteiger partial charge in [0.25, 0.3) is 0 Å². The lowest BCUT2D eigenvalue weighted by Gasteiger charge is -2.32. The molecule has 1 atom stereocenters. The molecule has 2 N–H and O–H groups in total. The summed E-state index contributed by atoms with van der Waals surface area (Å²) in [7, 11) is 0. The van der Waals surface area contributed by atoms with Gasteiger partial charge in [-0.2, -0.15) is 4.98 Å². The van der Waals surface area contributed by atoms with Gasteiger partial charge in [-0.25, -0.2) is 9.37 Å². The molecular weight excluding hydrogens is 373 g/mol. The van der Waals surface area contributed by atoms with Crippen molar-refractivity contribution in [3.63, 3.8) is 0 Å². The van der Waals surface area contributed by atoms with E-state index in [0.29, 0.717) is 28.7 Å². The van der Waals surface area contributed by atoms with Gasteiger partial charge < -0.3 is 15.5 Å². The molecule has 3 rings (SSSR count). The number of halogens is 2. The van der Waals surface area contributed by atoms with Crippen molar-refractivity contribution in [2.24, 2.45) is 5.92 Å². The maximum atomic E-state index is 12.9. The highest BCUT2D eigenvalue weighted by Gasteiger charge is 2.19. The summed E-state index contributed by atoms with van der Waals surface area (Å²) >= 11 is 11.4. The molecule has 0 bridgehead atoms. The minimum Gasteiger partial charge on any atom is -0.358 e. The number of hydrogen-bond donors (Lipinski definition) is 2. The van der Waals surface area contributed by atoms with Crippen molar-refractivity contribution in [1.82, 2.24) is 15.3 Å². The zero-order valence-corrected chi connectivity index (χ0v) is 16.1. The Kier molecular flexibility index (Phi) is 6.21. The Labute approximate surface area is 163 Å². The van der Waals surface area contributed by atoms with Crippen LogP contribution in [0.3, 0.4) is 0 Å². The van der Waals surface area contributed by atoms with E-state index >= 15 is 0 Å². The van der Waals surface area contributed by atoms with Crippen LogP contribution in [-0.2, 0) is 6.54 Å². The minimum atomic E-state index is -0.263. The number of anilines is 2. The van der Waals surface area contributed by atoms with E-state index in [1.165, 1.54) is 18.6 Å². The Morgan fingerprint density at radius 1 is 1.35 bits per heavy atom. The second kappa shape index (κ2) is 8.60. The molecule has 0 aliphatic carbocycles. The summed E-state index contributed by atoms with van der Waals surface area (Å²) in [5, 5.41) is 6.78. The van der Waals surface area contributed by atoms with Crippen LogP contribution in [0, 0.1) is 11.7 Å². The van der Waals surface area contributed by atoms with E-state index in [1.807, 2.05) is 0 Å². The lowest BCUT2D eigenvalue weighted by molar-refractivity contribution is 0.444. The van der Waals surface area contributed by atoms with Crippen molar-refractivity contribution in [3.05, 3.63) is 46.9 Å². The third-order valence-corrected chi connectivity index (χ3v) is 4.69. The number of thiocarbonyl (C=S) groups is 1. The predicted octanol–water partition coefficient (Wildman–Crippen LogP) is 3.99. The molecule has 0 radical (unpaired) electrons. The summed E-state index contributed by atoms with van der Waals surface area (Å²) in [5.74, 6) is 1.54. The summed E-state index contributed by atoms with van der Waals surface area (Å²) < 4.78 is 12.9. The van der Waals surface area contributed by atoms with Gasteiger partial charge in [0.05, 0.1) is 0 Å². The Balaban J connectivity index is 1.61. The molecule has 138 valence electrons. The summed E-state index contributed by atoms with van der Waals surface area (Å²) in [6.45, 7) is 4.64. The number of aromatic nitrogens is 2. The van der Waals surface area contributed by atoms with Crippen LogP contribution < -0.4 is 15.5 Å². The summed E-state index contributed by atoms with van der Waals surface area (Å²) in [6.07, 6.45) is 2.38. The van der Waals surface area contributed by atoms with Crippen molar-refractivity contribution in [2.45, 2.75) is 26.3 Å². The highest BCUT2D eigenvalue weighted by atomic mass is 35.5. The van der Waals surface area contributed by atoms with Gasteiger partial charge in [-0.05, 0) is 48.7 Å². The Bertz CT molecular complexity index is 771. The number of benzene rings is 1. The maximum absolute atomic E-state index is 12.9. The Morgan fingerprint density at radius 2 is 2.12 bits per heavy atom. The van der Waals surface area contributed by atoms with E-state index < -0.39 is 0 Å². The highest BCUT2D eigenvalue weighted by Crippen LogP contribution is 2.24. The third kappa shape index (κ3) is 5.25. The number of nitrogens with zero attached hydrogens (tertiary/aromatic N) is 3. The fourth-order valence-electron chi connectivity index (χ4n) is 2.95. The van der Waals surface area contributed by atoms with E-state index in [0.717, 1.165) is 30.9 Å². The first-order chi connectivity index (χ1) is 12.5. The molecule has 1 aromatic carbocycles. The van der Waals surface area contributed by atoms with Crippen LogP contribution in [0.25, 0.3) is 0 Å². The molecule has 0 unspecified atom stereocenters. The predicted molar refractivity (Wildman–Crippen MR) is 107 cm³/mol. The minimum absolute atomic E-state index is 0.263. The molecule has 0 spiro atoms.